The molecule has 112 valence electrons. The Morgan fingerprint density at radius 3 is 2.85 bits per heavy atom. The van der Waals surface area contributed by atoms with Crippen molar-refractivity contribution in [3.05, 3.63) is 35.9 Å². The first-order valence-corrected chi connectivity index (χ1v) is 8.27. The number of likely N-dealkylation sites (tertiary alicyclic amines) is 1. The molecular formula is C18H30N2. The maximum atomic E-state index is 3.56. The summed E-state index contributed by atoms with van der Waals surface area (Å²) in [6, 6.07) is 10.9. The summed E-state index contributed by atoms with van der Waals surface area (Å²) in [6.45, 7) is 10.8. The predicted octanol–water partition coefficient (Wildman–Crippen LogP) is 3.50. The van der Waals surface area contributed by atoms with Gasteiger partial charge in [0, 0.05) is 6.54 Å². The molecule has 1 N–H and O–H groups in total. The van der Waals surface area contributed by atoms with E-state index >= 15 is 0 Å². The molecule has 0 amide bonds. The number of nitrogens with zero attached hydrogens (tertiary/aromatic N) is 1. The Balaban J connectivity index is 1.65. The number of hydrogen-bond donors (Lipinski definition) is 1. The molecule has 2 atom stereocenters. The van der Waals surface area contributed by atoms with Gasteiger partial charge in [-0.1, -0.05) is 44.2 Å². The van der Waals surface area contributed by atoms with Crippen LogP contribution in [-0.2, 0) is 0 Å². The van der Waals surface area contributed by atoms with Crippen LogP contribution in [0.25, 0.3) is 0 Å². The van der Waals surface area contributed by atoms with Crippen molar-refractivity contribution in [3.63, 3.8) is 0 Å². The Hall–Kier alpha value is -0.860. The third kappa shape index (κ3) is 4.92. The second kappa shape index (κ2) is 8.43. The lowest BCUT2D eigenvalue weighted by atomic mass is 9.98. The first-order chi connectivity index (χ1) is 9.79. The molecule has 0 aromatic heterocycles. The van der Waals surface area contributed by atoms with Gasteiger partial charge in [-0.15, -0.1) is 0 Å². The van der Waals surface area contributed by atoms with Crippen molar-refractivity contribution < 1.29 is 0 Å². The van der Waals surface area contributed by atoms with Gasteiger partial charge in [0.05, 0.1) is 0 Å². The second-order valence-electron chi connectivity index (χ2n) is 6.26. The monoisotopic (exact) mass is 274 g/mol. The van der Waals surface area contributed by atoms with Crippen LogP contribution in [0.4, 0.5) is 0 Å². The van der Waals surface area contributed by atoms with Crippen molar-refractivity contribution in [2.75, 3.05) is 32.7 Å². The fourth-order valence-corrected chi connectivity index (χ4v) is 3.09. The SMILES string of the molecule is CCCNCC1CCN(CCC(C)c2ccccc2)C1. The van der Waals surface area contributed by atoms with Crippen molar-refractivity contribution in [2.45, 2.75) is 39.0 Å². The first-order valence-electron chi connectivity index (χ1n) is 8.27. The second-order valence-corrected chi connectivity index (χ2v) is 6.26. The van der Waals surface area contributed by atoms with E-state index in [0.29, 0.717) is 5.92 Å². The van der Waals surface area contributed by atoms with E-state index in [1.807, 2.05) is 0 Å². The van der Waals surface area contributed by atoms with Gasteiger partial charge in [-0.3, -0.25) is 0 Å². The van der Waals surface area contributed by atoms with E-state index in [1.54, 1.807) is 0 Å². The quantitative estimate of drug-likeness (QED) is 0.730. The summed E-state index contributed by atoms with van der Waals surface area (Å²) in [7, 11) is 0. The van der Waals surface area contributed by atoms with Crippen LogP contribution in [0.15, 0.2) is 30.3 Å². The molecule has 2 rings (SSSR count). The molecule has 1 fully saturated rings. The molecule has 1 heterocycles. The van der Waals surface area contributed by atoms with Crippen LogP contribution >= 0.6 is 0 Å². The van der Waals surface area contributed by atoms with Gasteiger partial charge < -0.3 is 10.2 Å². The van der Waals surface area contributed by atoms with Gasteiger partial charge in [0.15, 0.2) is 0 Å². The van der Waals surface area contributed by atoms with Crippen LogP contribution in [0.5, 0.6) is 0 Å². The van der Waals surface area contributed by atoms with Gasteiger partial charge in [0.1, 0.15) is 0 Å². The molecule has 1 saturated heterocycles. The minimum Gasteiger partial charge on any atom is -0.316 e. The van der Waals surface area contributed by atoms with Crippen molar-refractivity contribution in [2.24, 2.45) is 5.92 Å². The van der Waals surface area contributed by atoms with Gasteiger partial charge in [-0.05, 0) is 62.8 Å². The average molecular weight is 274 g/mol. The lowest BCUT2D eigenvalue weighted by molar-refractivity contribution is 0.309. The molecule has 20 heavy (non-hydrogen) atoms. The largest absolute Gasteiger partial charge is 0.316 e. The summed E-state index contributed by atoms with van der Waals surface area (Å²) in [5.41, 5.74) is 1.48. The molecule has 0 aliphatic carbocycles. The molecule has 0 bridgehead atoms. The lowest BCUT2D eigenvalue weighted by Crippen LogP contribution is -2.27. The van der Waals surface area contributed by atoms with E-state index in [1.165, 1.54) is 57.5 Å². The highest BCUT2D eigenvalue weighted by Gasteiger charge is 2.22. The van der Waals surface area contributed by atoms with E-state index in [4.69, 9.17) is 0 Å². The smallest absolute Gasteiger partial charge is 0.00223 e. The predicted molar refractivity (Wildman–Crippen MR) is 87.2 cm³/mol. The van der Waals surface area contributed by atoms with E-state index in [2.05, 4.69) is 54.4 Å². The fourth-order valence-electron chi connectivity index (χ4n) is 3.09. The number of nitrogens with one attached hydrogen (secondary N) is 1. The van der Waals surface area contributed by atoms with Gasteiger partial charge in [-0.2, -0.15) is 0 Å². The van der Waals surface area contributed by atoms with Gasteiger partial charge in [0.25, 0.3) is 0 Å². The minimum absolute atomic E-state index is 0.675. The van der Waals surface area contributed by atoms with Crippen molar-refractivity contribution in [1.29, 1.82) is 0 Å². The maximum absolute atomic E-state index is 3.56. The molecule has 2 heteroatoms. The van der Waals surface area contributed by atoms with Crippen molar-refractivity contribution in [1.82, 2.24) is 10.2 Å². The summed E-state index contributed by atoms with van der Waals surface area (Å²) in [4.78, 5) is 2.65. The highest BCUT2D eigenvalue weighted by molar-refractivity contribution is 5.18. The van der Waals surface area contributed by atoms with Gasteiger partial charge in [0.2, 0.25) is 0 Å². The van der Waals surface area contributed by atoms with Crippen LogP contribution in [0.3, 0.4) is 0 Å². The number of benzene rings is 1. The van der Waals surface area contributed by atoms with Crippen molar-refractivity contribution >= 4 is 0 Å². The Labute approximate surface area is 124 Å². The Kier molecular flexibility index (Phi) is 6.55. The van der Waals surface area contributed by atoms with E-state index < -0.39 is 0 Å². The summed E-state index contributed by atoms with van der Waals surface area (Å²) in [5, 5.41) is 3.56. The van der Waals surface area contributed by atoms with Crippen LogP contribution in [0.2, 0.25) is 0 Å². The molecule has 0 spiro atoms. The topological polar surface area (TPSA) is 15.3 Å². The third-order valence-electron chi connectivity index (χ3n) is 4.48. The fraction of sp³-hybridized carbons (Fsp3) is 0.667. The Morgan fingerprint density at radius 1 is 1.30 bits per heavy atom. The summed E-state index contributed by atoms with van der Waals surface area (Å²) < 4.78 is 0. The highest BCUT2D eigenvalue weighted by atomic mass is 15.1. The average Bonchev–Trinajstić information content (AvgIpc) is 2.94. The zero-order valence-corrected chi connectivity index (χ0v) is 13.1. The highest BCUT2D eigenvalue weighted by Crippen LogP contribution is 2.21. The molecule has 2 nitrogen and oxygen atoms in total. The molecule has 2 unspecified atom stereocenters. The third-order valence-corrected chi connectivity index (χ3v) is 4.48. The van der Waals surface area contributed by atoms with Crippen LogP contribution in [0.1, 0.15) is 44.6 Å². The molecule has 1 aromatic rings. The molecule has 1 aromatic carbocycles. The summed E-state index contributed by atoms with van der Waals surface area (Å²) in [6.07, 6.45) is 3.89. The lowest BCUT2D eigenvalue weighted by Gasteiger charge is -2.19. The minimum atomic E-state index is 0.675. The molecule has 1 aliphatic heterocycles. The molecule has 0 radical (unpaired) electrons. The van der Waals surface area contributed by atoms with Gasteiger partial charge >= 0.3 is 0 Å². The van der Waals surface area contributed by atoms with E-state index in [9.17, 15) is 0 Å². The normalized spacial score (nSPS) is 21.2. The van der Waals surface area contributed by atoms with Crippen molar-refractivity contribution in [3.8, 4) is 0 Å². The summed E-state index contributed by atoms with van der Waals surface area (Å²) >= 11 is 0. The zero-order valence-electron chi connectivity index (χ0n) is 13.1. The zero-order chi connectivity index (χ0) is 14.2. The van der Waals surface area contributed by atoms with Crippen LogP contribution in [-0.4, -0.2) is 37.6 Å². The molecule has 1 aliphatic rings. The number of hydrogen-bond acceptors (Lipinski definition) is 2. The van der Waals surface area contributed by atoms with Crippen LogP contribution in [0, 0.1) is 5.92 Å². The standard InChI is InChI=1S/C18H30N2/c1-3-11-19-14-17-10-13-20(15-17)12-9-16(2)18-7-5-4-6-8-18/h4-8,16-17,19H,3,9-15H2,1-2H3. The van der Waals surface area contributed by atoms with Crippen LogP contribution < -0.4 is 5.32 Å². The summed E-state index contributed by atoms with van der Waals surface area (Å²) in [5.74, 6) is 1.54. The molecular weight excluding hydrogens is 244 g/mol. The Bertz CT molecular complexity index is 363. The van der Waals surface area contributed by atoms with Gasteiger partial charge in [-0.25, -0.2) is 0 Å². The first kappa shape index (κ1) is 15.5. The Morgan fingerprint density at radius 2 is 2.10 bits per heavy atom. The maximum Gasteiger partial charge on any atom is 0.00223 e. The van der Waals surface area contributed by atoms with E-state index in [0.717, 1.165) is 5.92 Å². The molecule has 0 saturated carbocycles. The van der Waals surface area contributed by atoms with E-state index in [-0.39, 0.29) is 0 Å². The number of rotatable bonds is 8.